The molecule has 1 aliphatic rings. The summed E-state index contributed by atoms with van der Waals surface area (Å²) in [5.41, 5.74) is 6.84. The van der Waals surface area contributed by atoms with Gasteiger partial charge in [-0.25, -0.2) is 0 Å². The van der Waals surface area contributed by atoms with Crippen LogP contribution < -0.4 is 20.5 Å². The second-order valence-electron chi connectivity index (χ2n) is 5.94. The Labute approximate surface area is 132 Å². The Morgan fingerprint density at radius 1 is 1.23 bits per heavy atom. The van der Waals surface area contributed by atoms with Crippen molar-refractivity contribution in [2.45, 2.75) is 32.6 Å². The van der Waals surface area contributed by atoms with Crippen molar-refractivity contribution in [3.05, 3.63) is 18.2 Å². The van der Waals surface area contributed by atoms with Crippen molar-refractivity contribution < 1.29 is 9.47 Å². The van der Waals surface area contributed by atoms with E-state index in [4.69, 9.17) is 15.2 Å². The number of methoxy groups -OCH3 is 2. The second-order valence-corrected chi connectivity index (χ2v) is 5.94. The summed E-state index contributed by atoms with van der Waals surface area (Å²) in [5, 5.41) is 3.11. The van der Waals surface area contributed by atoms with Crippen LogP contribution in [0.15, 0.2) is 23.2 Å². The van der Waals surface area contributed by atoms with Crippen LogP contribution in [-0.2, 0) is 0 Å². The Morgan fingerprint density at radius 3 is 2.64 bits per heavy atom. The van der Waals surface area contributed by atoms with E-state index in [1.165, 1.54) is 25.7 Å². The van der Waals surface area contributed by atoms with E-state index in [-0.39, 0.29) is 0 Å². The van der Waals surface area contributed by atoms with Gasteiger partial charge in [-0.05, 0) is 30.4 Å². The monoisotopic (exact) mass is 305 g/mol. The number of nitrogens with one attached hydrogen (secondary N) is 1. The van der Waals surface area contributed by atoms with Crippen molar-refractivity contribution in [1.29, 1.82) is 0 Å². The maximum absolute atomic E-state index is 6.00. The molecule has 2 unspecified atom stereocenters. The molecule has 0 aliphatic heterocycles. The average Bonchev–Trinajstić information content (AvgIpc) is 2.54. The van der Waals surface area contributed by atoms with E-state index in [1.807, 2.05) is 18.2 Å². The first-order valence-electron chi connectivity index (χ1n) is 7.93. The van der Waals surface area contributed by atoms with Gasteiger partial charge >= 0.3 is 0 Å². The van der Waals surface area contributed by atoms with Crippen LogP contribution in [0.4, 0.5) is 5.69 Å². The van der Waals surface area contributed by atoms with E-state index < -0.39 is 0 Å². The van der Waals surface area contributed by atoms with Gasteiger partial charge in [0.15, 0.2) is 17.5 Å². The molecule has 1 aromatic rings. The molecule has 22 heavy (non-hydrogen) atoms. The van der Waals surface area contributed by atoms with Gasteiger partial charge in [0.25, 0.3) is 0 Å². The lowest BCUT2D eigenvalue weighted by atomic mass is 9.80. The van der Waals surface area contributed by atoms with Crippen molar-refractivity contribution in [3.8, 4) is 11.5 Å². The highest BCUT2D eigenvalue weighted by Gasteiger charge is 2.20. The van der Waals surface area contributed by atoms with E-state index in [9.17, 15) is 0 Å². The molecule has 0 amide bonds. The first-order valence-corrected chi connectivity index (χ1v) is 7.93. The number of hydrogen-bond donors (Lipinski definition) is 2. The lowest BCUT2D eigenvalue weighted by Gasteiger charge is -2.27. The van der Waals surface area contributed by atoms with Crippen LogP contribution >= 0.6 is 0 Å². The molecule has 0 spiro atoms. The smallest absolute Gasteiger partial charge is 0.193 e. The summed E-state index contributed by atoms with van der Waals surface area (Å²) in [7, 11) is 3.23. The third kappa shape index (κ3) is 4.29. The van der Waals surface area contributed by atoms with Crippen LogP contribution in [0.5, 0.6) is 11.5 Å². The summed E-state index contributed by atoms with van der Waals surface area (Å²) < 4.78 is 10.5. The van der Waals surface area contributed by atoms with Gasteiger partial charge in [0.05, 0.1) is 14.2 Å². The van der Waals surface area contributed by atoms with E-state index in [0.29, 0.717) is 23.4 Å². The van der Waals surface area contributed by atoms with Gasteiger partial charge in [0.1, 0.15) is 0 Å². The number of nitrogens with two attached hydrogens (primary N) is 1. The van der Waals surface area contributed by atoms with Crippen molar-refractivity contribution in [2.24, 2.45) is 22.6 Å². The number of hydrogen-bond acceptors (Lipinski definition) is 3. The minimum atomic E-state index is 0.449. The molecule has 1 aromatic carbocycles. The number of nitrogens with zero attached hydrogens (tertiary/aromatic N) is 1. The lowest BCUT2D eigenvalue weighted by molar-refractivity contribution is 0.264. The number of rotatable bonds is 5. The number of guanidine groups is 1. The van der Waals surface area contributed by atoms with E-state index >= 15 is 0 Å². The lowest BCUT2D eigenvalue weighted by Crippen LogP contribution is -2.26. The topological polar surface area (TPSA) is 68.9 Å². The van der Waals surface area contributed by atoms with Crippen LogP contribution in [-0.4, -0.2) is 26.7 Å². The van der Waals surface area contributed by atoms with Gasteiger partial charge in [-0.2, -0.15) is 0 Å². The van der Waals surface area contributed by atoms with Crippen molar-refractivity contribution >= 4 is 11.6 Å². The Hall–Kier alpha value is -1.91. The van der Waals surface area contributed by atoms with Crippen LogP contribution in [0.2, 0.25) is 0 Å². The summed E-state index contributed by atoms with van der Waals surface area (Å²) >= 11 is 0. The molecule has 0 saturated heterocycles. The second kappa shape index (κ2) is 7.92. The minimum Gasteiger partial charge on any atom is -0.493 e. The first kappa shape index (κ1) is 16.5. The predicted molar refractivity (Wildman–Crippen MR) is 90.8 cm³/mol. The Bertz CT molecular complexity index is 517. The maximum atomic E-state index is 6.00. The van der Waals surface area contributed by atoms with Crippen LogP contribution in [0, 0.1) is 11.8 Å². The average molecular weight is 305 g/mol. The highest BCUT2D eigenvalue weighted by Crippen LogP contribution is 2.30. The van der Waals surface area contributed by atoms with Crippen molar-refractivity contribution in [2.75, 3.05) is 26.1 Å². The van der Waals surface area contributed by atoms with Gasteiger partial charge in [-0.1, -0.05) is 26.2 Å². The fraction of sp³-hybridized carbons (Fsp3) is 0.588. The molecule has 0 heterocycles. The molecule has 2 atom stereocenters. The molecule has 3 N–H and O–H groups in total. The normalized spacial score (nSPS) is 22.2. The Kier molecular flexibility index (Phi) is 5.92. The minimum absolute atomic E-state index is 0.449. The quantitative estimate of drug-likeness (QED) is 0.647. The largest absolute Gasteiger partial charge is 0.493 e. The number of ether oxygens (including phenoxy) is 2. The molecule has 5 heteroatoms. The zero-order chi connectivity index (χ0) is 15.9. The molecule has 1 saturated carbocycles. The van der Waals surface area contributed by atoms with E-state index in [1.54, 1.807) is 14.2 Å². The third-order valence-corrected chi connectivity index (χ3v) is 4.44. The van der Waals surface area contributed by atoms with Gasteiger partial charge in [0, 0.05) is 18.3 Å². The Morgan fingerprint density at radius 2 is 1.95 bits per heavy atom. The standard InChI is InChI=1S/C17H27N3O2/c1-12-6-4-5-7-13(12)11-19-17(18)20-14-8-9-15(21-2)16(10-14)22-3/h8-10,12-13H,4-7,11H2,1-3H3,(H3,18,19,20). The molecule has 122 valence electrons. The van der Waals surface area contributed by atoms with Crippen LogP contribution in [0.25, 0.3) is 0 Å². The van der Waals surface area contributed by atoms with Gasteiger partial charge in [-0.3, -0.25) is 4.99 Å². The van der Waals surface area contributed by atoms with Crippen LogP contribution in [0.1, 0.15) is 32.6 Å². The molecule has 5 nitrogen and oxygen atoms in total. The predicted octanol–water partition coefficient (Wildman–Crippen LogP) is 3.26. The molecule has 2 rings (SSSR count). The van der Waals surface area contributed by atoms with Gasteiger partial charge < -0.3 is 20.5 Å². The number of benzene rings is 1. The highest BCUT2D eigenvalue weighted by atomic mass is 16.5. The molecule has 0 bridgehead atoms. The van der Waals surface area contributed by atoms with Crippen LogP contribution in [0.3, 0.4) is 0 Å². The van der Waals surface area contributed by atoms with E-state index in [0.717, 1.165) is 18.2 Å². The van der Waals surface area contributed by atoms with Gasteiger partial charge in [0.2, 0.25) is 0 Å². The van der Waals surface area contributed by atoms with Crippen molar-refractivity contribution in [3.63, 3.8) is 0 Å². The summed E-state index contributed by atoms with van der Waals surface area (Å²) in [4.78, 5) is 4.50. The molecule has 1 aliphatic carbocycles. The summed E-state index contributed by atoms with van der Waals surface area (Å²) in [5.74, 6) is 3.21. The van der Waals surface area contributed by atoms with Gasteiger partial charge in [-0.15, -0.1) is 0 Å². The molecule has 0 aromatic heterocycles. The summed E-state index contributed by atoms with van der Waals surface area (Å²) in [6.45, 7) is 3.12. The summed E-state index contributed by atoms with van der Waals surface area (Å²) in [6, 6.07) is 5.59. The summed E-state index contributed by atoms with van der Waals surface area (Å²) in [6.07, 6.45) is 5.23. The fourth-order valence-corrected chi connectivity index (χ4v) is 2.98. The molecular formula is C17H27N3O2. The van der Waals surface area contributed by atoms with E-state index in [2.05, 4.69) is 17.2 Å². The zero-order valence-electron chi connectivity index (χ0n) is 13.8. The highest BCUT2D eigenvalue weighted by molar-refractivity contribution is 5.92. The maximum Gasteiger partial charge on any atom is 0.193 e. The SMILES string of the molecule is COc1ccc(NC(N)=NCC2CCCCC2C)cc1OC. The fourth-order valence-electron chi connectivity index (χ4n) is 2.98. The number of anilines is 1. The Balaban J connectivity index is 1.95. The molecular weight excluding hydrogens is 278 g/mol. The zero-order valence-corrected chi connectivity index (χ0v) is 13.8. The number of aliphatic imine (C=N–C) groups is 1. The first-order chi connectivity index (χ1) is 10.6. The molecule has 1 fully saturated rings. The third-order valence-electron chi connectivity index (χ3n) is 4.44. The van der Waals surface area contributed by atoms with Crippen molar-refractivity contribution in [1.82, 2.24) is 0 Å². The molecule has 0 radical (unpaired) electrons.